The topological polar surface area (TPSA) is 30.5 Å². The van der Waals surface area contributed by atoms with Crippen molar-refractivity contribution in [2.45, 2.75) is 53.7 Å². The van der Waals surface area contributed by atoms with Gasteiger partial charge in [-0.15, -0.1) is 0 Å². The predicted octanol–water partition coefficient (Wildman–Crippen LogP) is 4.02. The van der Waals surface area contributed by atoms with E-state index in [9.17, 15) is 0 Å². The molecule has 3 heteroatoms. The molecule has 1 rings (SSSR count). The summed E-state index contributed by atoms with van der Waals surface area (Å²) in [6.45, 7) is 13.9. The Morgan fingerprint density at radius 1 is 1.14 bits per heavy atom. The summed E-state index contributed by atoms with van der Waals surface area (Å²) >= 11 is 0. The van der Waals surface area contributed by atoms with Gasteiger partial charge in [-0.1, -0.05) is 39.8 Å². The zero-order chi connectivity index (χ0) is 16.2. The molecule has 2 unspecified atom stereocenters. The maximum atomic E-state index is 5.84. The summed E-state index contributed by atoms with van der Waals surface area (Å²) in [5.41, 5.74) is 3.65. The Morgan fingerprint density at radius 2 is 1.76 bits per heavy atom. The minimum atomic E-state index is 0.0331. The number of rotatable bonds is 6. The van der Waals surface area contributed by atoms with Gasteiger partial charge in [-0.3, -0.25) is 0 Å². The molecule has 0 bridgehead atoms. The second-order valence-corrected chi connectivity index (χ2v) is 6.69. The van der Waals surface area contributed by atoms with E-state index in [4.69, 9.17) is 9.47 Å². The van der Waals surface area contributed by atoms with Crippen LogP contribution in [0.2, 0.25) is 0 Å². The Hall–Kier alpha value is -1.06. The van der Waals surface area contributed by atoms with Crippen molar-refractivity contribution in [2.24, 2.45) is 5.41 Å². The van der Waals surface area contributed by atoms with Gasteiger partial charge in [0.15, 0.2) is 0 Å². The Kier molecular flexibility index (Phi) is 6.24. The third kappa shape index (κ3) is 3.98. The van der Waals surface area contributed by atoms with Crippen LogP contribution in [-0.2, 0) is 4.74 Å². The molecule has 120 valence electrons. The number of ether oxygens (including phenoxy) is 2. The fourth-order valence-electron chi connectivity index (χ4n) is 2.92. The molecule has 0 spiro atoms. The van der Waals surface area contributed by atoms with E-state index in [1.54, 1.807) is 14.2 Å². The highest BCUT2D eigenvalue weighted by atomic mass is 16.5. The van der Waals surface area contributed by atoms with E-state index in [1.807, 2.05) is 0 Å². The molecule has 0 amide bonds. The zero-order valence-electron chi connectivity index (χ0n) is 14.8. The van der Waals surface area contributed by atoms with E-state index < -0.39 is 0 Å². The molecular formula is C18H31NO2. The molecule has 1 N–H and O–H groups in total. The van der Waals surface area contributed by atoms with Crippen LogP contribution in [0.3, 0.4) is 0 Å². The first-order valence-corrected chi connectivity index (χ1v) is 7.68. The molecule has 0 fully saturated rings. The van der Waals surface area contributed by atoms with E-state index in [0.717, 1.165) is 12.3 Å². The average molecular weight is 293 g/mol. The number of nitrogens with one attached hydrogen (secondary N) is 1. The van der Waals surface area contributed by atoms with E-state index in [0.29, 0.717) is 0 Å². The van der Waals surface area contributed by atoms with Crippen LogP contribution in [0.4, 0.5) is 0 Å². The van der Waals surface area contributed by atoms with Crippen LogP contribution < -0.4 is 10.1 Å². The predicted molar refractivity (Wildman–Crippen MR) is 89.1 cm³/mol. The molecule has 0 aromatic heterocycles. The van der Waals surface area contributed by atoms with Crippen molar-refractivity contribution in [1.29, 1.82) is 0 Å². The fraction of sp³-hybridized carbons (Fsp3) is 0.667. The Bertz CT molecular complexity index is 463. The first-order chi connectivity index (χ1) is 9.77. The second kappa shape index (κ2) is 7.28. The van der Waals surface area contributed by atoms with Gasteiger partial charge >= 0.3 is 0 Å². The van der Waals surface area contributed by atoms with Gasteiger partial charge in [-0.05, 0) is 36.9 Å². The molecule has 0 radical (unpaired) electrons. The number of benzene rings is 1. The van der Waals surface area contributed by atoms with Crippen LogP contribution in [0.15, 0.2) is 12.1 Å². The van der Waals surface area contributed by atoms with Gasteiger partial charge in [0.1, 0.15) is 5.75 Å². The van der Waals surface area contributed by atoms with E-state index in [1.165, 1.54) is 16.7 Å². The summed E-state index contributed by atoms with van der Waals surface area (Å²) in [5.74, 6) is 0.965. The fourth-order valence-corrected chi connectivity index (χ4v) is 2.92. The molecule has 3 nitrogen and oxygen atoms in total. The molecule has 0 heterocycles. The molecule has 0 saturated heterocycles. The van der Waals surface area contributed by atoms with Gasteiger partial charge in [0.25, 0.3) is 0 Å². The summed E-state index contributed by atoms with van der Waals surface area (Å²) in [6.07, 6.45) is 0.0634. The summed E-state index contributed by atoms with van der Waals surface area (Å²) in [7, 11) is 3.53. The number of hydrogen-bond donors (Lipinski definition) is 1. The van der Waals surface area contributed by atoms with Crippen molar-refractivity contribution in [3.8, 4) is 5.75 Å². The van der Waals surface area contributed by atoms with Crippen LogP contribution in [0.5, 0.6) is 5.75 Å². The molecule has 0 saturated carbocycles. The summed E-state index contributed by atoms with van der Waals surface area (Å²) in [6, 6.07) is 4.42. The quantitative estimate of drug-likeness (QED) is 0.859. The van der Waals surface area contributed by atoms with Crippen molar-refractivity contribution >= 4 is 0 Å². The van der Waals surface area contributed by atoms with Crippen molar-refractivity contribution in [3.63, 3.8) is 0 Å². The maximum absolute atomic E-state index is 5.84. The van der Waals surface area contributed by atoms with Crippen molar-refractivity contribution < 1.29 is 9.47 Å². The van der Waals surface area contributed by atoms with Crippen LogP contribution in [-0.4, -0.2) is 26.9 Å². The molecule has 0 aliphatic carbocycles. The molecule has 2 atom stereocenters. The zero-order valence-corrected chi connectivity index (χ0v) is 14.8. The van der Waals surface area contributed by atoms with Crippen LogP contribution in [0.1, 0.15) is 50.4 Å². The van der Waals surface area contributed by atoms with Gasteiger partial charge in [0.2, 0.25) is 0 Å². The average Bonchev–Trinajstić information content (AvgIpc) is 2.40. The number of methoxy groups -OCH3 is 2. The van der Waals surface area contributed by atoms with Crippen molar-refractivity contribution in [1.82, 2.24) is 5.32 Å². The Balaban J connectivity index is 3.38. The highest BCUT2D eigenvalue weighted by molar-refractivity contribution is 5.47. The minimum Gasteiger partial charge on any atom is -0.496 e. The minimum absolute atomic E-state index is 0.0331. The SMILES string of the molecule is CCNC(c1ccc(C)c(C)c1OC)C(OC)C(C)(C)C. The van der Waals surface area contributed by atoms with Gasteiger partial charge in [0, 0.05) is 12.7 Å². The Labute approximate surface area is 130 Å². The molecule has 1 aromatic carbocycles. The second-order valence-electron chi connectivity index (χ2n) is 6.69. The van der Waals surface area contributed by atoms with Crippen LogP contribution >= 0.6 is 0 Å². The smallest absolute Gasteiger partial charge is 0.126 e. The lowest BCUT2D eigenvalue weighted by atomic mass is 9.81. The summed E-state index contributed by atoms with van der Waals surface area (Å²) in [5, 5.41) is 3.57. The molecule has 1 aromatic rings. The Morgan fingerprint density at radius 3 is 2.19 bits per heavy atom. The monoisotopic (exact) mass is 293 g/mol. The van der Waals surface area contributed by atoms with Crippen molar-refractivity contribution in [3.05, 3.63) is 28.8 Å². The summed E-state index contributed by atoms with van der Waals surface area (Å²) < 4.78 is 11.5. The van der Waals surface area contributed by atoms with Gasteiger partial charge < -0.3 is 14.8 Å². The lowest BCUT2D eigenvalue weighted by Crippen LogP contribution is -2.41. The summed E-state index contributed by atoms with van der Waals surface area (Å²) in [4.78, 5) is 0. The van der Waals surface area contributed by atoms with E-state index in [-0.39, 0.29) is 17.6 Å². The highest BCUT2D eigenvalue weighted by Crippen LogP contribution is 2.38. The van der Waals surface area contributed by atoms with E-state index in [2.05, 4.69) is 59.0 Å². The first kappa shape index (κ1) is 18.0. The normalized spacial score (nSPS) is 14.9. The van der Waals surface area contributed by atoms with Gasteiger partial charge in [-0.2, -0.15) is 0 Å². The third-order valence-corrected chi connectivity index (χ3v) is 4.08. The largest absolute Gasteiger partial charge is 0.496 e. The maximum Gasteiger partial charge on any atom is 0.126 e. The highest BCUT2D eigenvalue weighted by Gasteiger charge is 2.34. The lowest BCUT2D eigenvalue weighted by Gasteiger charge is -2.37. The third-order valence-electron chi connectivity index (χ3n) is 4.08. The number of hydrogen-bond acceptors (Lipinski definition) is 3. The van der Waals surface area contributed by atoms with Crippen LogP contribution in [0, 0.1) is 19.3 Å². The standard InChI is InChI=1S/C18H31NO2/c1-9-19-15(17(21-8)18(4,5)6)14-11-10-12(2)13(3)16(14)20-7/h10-11,15,17,19H,9H2,1-8H3. The molecule has 0 aliphatic heterocycles. The number of likely N-dealkylation sites (N-methyl/N-ethyl adjacent to an activating group) is 1. The van der Waals surface area contributed by atoms with Gasteiger partial charge in [-0.25, -0.2) is 0 Å². The number of aryl methyl sites for hydroxylation is 1. The first-order valence-electron chi connectivity index (χ1n) is 7.68. The van der Waals surface area contributed by atoms with Gasteiger partial charge in [0.05, 0.1) is 19.3 Å². The van der Waals surface area contributed by atoms with Crippen LogP contribution in [0.25, 0.3) is 0 Å². The molecule has 21 heavy (non-hydrogen) atoms. The molecule has 0 aliphatic rings. The molecular weight excluding hydrogens is 262 g/mol. The van der Waals surface area contributed by atoms with Crippen molar-refractivity contribution in [2.75, 3.05) is 20.8 Å². The lowest BCUT2D eigenvalue weighted by molar-refractivity contribution is -0.0121. The van der Waals surface area contributed by atoms with E-state index >= 15 is 0 Å².